The smallest absolute Gasteiger partial charge is 0.257 e. The van der Waals surface area contributed by atoms with Gasteiger partial charge in [-0.15, -0.1) is 0 Å². The molecule has 11 heteroatoms. The number of benzene rings is 3. The zero-order valence-corrected chi connectivity index (χ0v) is 22.2. The van der Waals surface area contributed by atoms with E-state index in [1.165, 1.54) is 6.07 Å². The summed E-state index contributed by atoms with van der Waals surface area (Å²) in [6, 6.07) is 16.4. The second-order valence-corrected chi connectivity index (χ2v) is 9.64. The molecule has 9 nitrogen and oxygen atoms in total. The molecule has 0 radical (unpaired) electrons. The van der Waals surface area contributed by atoms with Gasteiger partial charge < -0.3 is 25.8 Å². The Labute approximate surface area is 233 Å². The van der Waals surface area contributed by atoms with Gasteiger partial charge in [0.15, 0.2) is 11.6 Å². The molecule has 2 aromatic heterocycles. The van der Waals surface area contributed by atoms with Gasteiger partial charge in [0.2, 0.25) is 0 Å². The average Bonchev–Trinajstić information content (AvgIpc) is 2.95. The number of rotatable bonds is 8. The SMILES string of the molecule is CN(C)CCNC(=O)c1ccc2c(=O)[nH]c3nccc(Nc4ccc(NC(=O)c5ccc(F)c(F)c5)cc4)c3c2c1. The molecular weight excluding hydrogens is 530 g/mol. The highest BCUT2D eigenvalue weighted by molar-refractivity contribution is 6.13. The fourth-order valence-corrected chi connectivity index (χ4v) is 4.33. The van der Waals surface area contributed by atoms with E-state index < -0.39 is 17.5 Å². The molecular formula is C30H26F2N6O3. The van der Waals surface area contributed by atoms with Crippen molar-refractivity contribution >= 4 is 50.7 Å². The van der Waals surface area contributed by atoms with Crippen LogP contribution >= 0.6 is 0 Å². The molecule has 0 saturated heterocycles. The summed E-state index contributed by atoms with van der Waals surface area (Å²) in [6.07, 6.45) is 1.56. The summed E-state index contributed by atoms with van der Waals surface area (Å²) in [5.41, 5.74) is 2.19. The number of aromatic amines is 1. The maximum absolute atomic E-state index is 13.5. The first-order chi connectivity index (χ1) is 19.7. The molecule has 0 saturated carbocycles. The fraction of sp³-hybridized carbons (Fsp3) is 0.133. The predicted octanol–water partition coefficient (Wildman–Crippen LogP) is 4.64. The number of carbonyl (C=O) groups excluding carboxylic acids is 2. The highest BCUT2D eigenvalue weighted by Crippen LogP contribution is 2.30. The summed E-state index contributed by atoms with van der Waals surface area (Å²) >= 11 is 0. The molecule has 2 amide bonds. The molecule has 0 spiro atoms. The van der Waals surface area contributed by atoms with Crippen LogP contribution in [0.2, 0.25) is 0 Å². The number of pyridine rings is 2. The predicted molar refractivity (Wildman–Crippen MR) is 155 cm³/mol. The molecule has 3 aromatic carbocycles. The van der Waals surface area contributed by atoms with Crippen molar-refractivity contribution < 1.29 is 18.4 Å². The highest BCUT2D eigenvalue weighted by atomic mass is 19.2. The third-order valence-corrected chi connectivity index (χ3v) is 6.43. The summed E-state index contributed by atoms with van der Waals surface area (Å²) in [4.78, 5) is 47.1. The third kappa shape index (κ3) is 6.04. The molecule has 0 bridgehead atoms. The normalized spacial score (nSPS) is 11.1. The Kier molecular flexibility index (Phi) is 7.70. The summed E-state index contributed by atoms with van der Waals surface area (Å²) in [5, 5.41) is 10.4. The van der Waals surface area contributed by atoms with Gasteiger partial charge >= 0.3 is 0 Å². The molecule has 208 valence electrons. The molecule has 0 aliphatic rings. The zero-order valence-electron chi connectivity index (χ0n) is 22.2. The lowest BCUT2D eigenvalue weighted by Crippen LogP contribution is -2.31. The summed E-state index contributed by atoms with van der Waals surface area (Å²) in [5.74, 6) is -2.96. The first-order valence-electron chi connectivity index (χ1n) is 12.7. The van der Waals surface area contributed by atoms with Gasteiger partial charge in [-0.3, -0.25) is 14.4 Å². The van der Waals surface area contributed by atoms with Crippen LogP contribution in [0.3, 0.4) is 0 Å². The van der Waals surface area contributed by atoms with Crippen LogP contribution in [0.4, 0.5) is 25.8 Å². The second-order valence-electron chi connectivity index (χ2n) is 9.64. The average molecular weight is 557 g/mol. The van der Waals surface area contributed by atoms with Crippen LogP contribution in [0.5, 0.6) is 0 Å². The molecule has 5 rings (SSSR count). The number of H-pyrrole nitrogens is 1. The monoisotopic (exact) mass is 556 g/mol. The van der Waals surface area contributed by atoms with Crippen molar-refractivity contribution in [1.82, 2.24) is 20.2 Å². The fourth-order valence-electron chi connectivity index (χ4n) is 4.33. The minimum atomic E-state index is -1.10. The number of amides is 2. The first-order valence-corrected chi connectivity index (χ1v) is 12.7. The van der Waals surface area contributed by atoms with Crippen molar-refractivity contribution in [3.05, 3.63) is 106 Å². The second kappa shape index (κ2) is 11.5. The molecule has 5 aromatic rings. The van der Waals surface area contributed by atoms with Gasteiger partial charge in [0.25, 0.3) is 17.4 Å². The molecule has 41 heavy (non-hydrogen) atoms. The number of halogens is 2. The number of anilines is 3. The lowest BCUT2D eigenvalue weighted by Gasteiger charge is -2.13. The molecule has 0 unspecified atom stereocenters. The topological polar surface area (TPSA) is 119 Å². The van der Waals surface area contributed by atoms with Gasteiger partial charge in [-0.25, -0.2) is 13.8 Å². The van der Waals surface area contributed by atoms with E-state index in [4.69, 9.17) is 0 Å². The number of nitrogens with one attached hydrogen (secondary N) is 4. The van der Waals surface area contributed by atoms with E-state index >= 15 is 0 Å². The van der Waals surface area contributed by atoms with E-state index in [0.717, 1.165) is 12.1 Å². The van der Waals surface area contributed by atoms with Crippen LogP contribution in [0.1, 0.15) is 20.7 Å². The minimum absolute atomic E-state index is 0.0130. The lowest BCUT2D eigenvalue weighted by molar-refractivity contribution is 0.0950. The number of fused-ring (bicyclic) bond motifs is 3. The number of hydrogen-bond acceptors (Lipinski definition) is 6. The largest absolute Gasteiger partial charge is 0.355 e. The van der Waals surface area contributed by atoms with Crippen molar-refractivity contribution in [2.45, 2.75) is 0 Å². The number of aromatic nitrogens is 2. The van der Waals surface area contributed by atoms with Crippen LogP contribution in [-0.4, -0.2) is 53.9 Å². The Hall–Kier alpha value is -5.16. The maximum atomic E-state index is 13.5. The van der Waals surface area contributed by atoms with E-state index in [9.17, 15) is 23.2 Å². The molecule has 0 fully saturated rings. The maximum Gasteiger partial charge on any atom is 0.257 e. The summed E-state index contributed by atoms with van der Waals surface area (Å²) in [6.45, 7) is 1.17. The zero-order chi connectivity index (χ0) is 29.1. The van der Waals surface area contributed by atoms with Gasteiger partial charge in [0.05, 0.1) is 5.69 Å². The van der Waals surface area contributed by atoms with Crippen molar-refractivity contribution in [2.75, 3.05) is 37.8 Å². The van der Waals surface area contributed by atoms with E-state index in [1.807, 2.05) is 19.0 Å². The van der Waals surface area contributed by atoms with Gasteiger partial charge in [0, 0.05) is 57.9 Å². The highest BCUT2D eigenvalue weighted by Gasteiger charge is 2.15. The minimum Gasteiger partial charge on any atom is -0.355 e. The van der Waals surface area contributed by atoms with Crippen LogP contribution < -0.4 is 21.5 Å². The summed E-state index contributed by atoms with van der Waals surface area (Å²) < 4.78 is 26.7. The van der Waals surface area contributed by atoms with E-state index in [0.29, 0.717) is 57.5 Å². The van der Waals surface area contributed by atoms with Crippen LogP contribution in [0.25, 0.3) is 21.8 Å². The van der Waals surface area contributed by atoms with Gasteiger partial charge in [-0.05, 0) is 80.8 Å². The van der Waals surface area contributed by atoms with Gasteiger partial charge in [0.1, 0.15) is 5.65 Å². The molecule has 0 atom stereocenters. The Balaban J connectivity index is 1.42. The lowest BCUT2D eigenvalue weighted by atomic mass is 10.0. The number of carbonyl (C=O) groups is 2. The molecule has 0 aliphatic heterocycles. The van der Waals surface area contributed by atoms with E-state index in [1.54, 1.807) is 54.7 Å². The van der Waals surface area contributed by atoms with Crippen molar-refractivity contribution in [3.8, 4) is 0 Å². The van der Waals surface area contributed by atoms with E-state index in [2.05, 4.69) is 25.9 Å². The van der Waals surface area contributed by atoms with Crippen molar-refractivity contribution in [2.24, 2.45) is 0 Å². The summed E-state index contributed by atoms with van der Waals surface area (Å²) in [7, 11) is 3.84. The third-order valence-electron chi connectivity index (χ3n) is 6.43. The molecule has 4 N–H and O–H groups in total. The Morgan fingerprint density at radius 2 is 1.56 bits per heavy atom. The number of nitrogens with zero attached hydrogens (tertiary/aromatic N) is 2. The molecule has 2 heterocycles. The quantitative estimate of drug-likeness (QED) is 0.207. The Morgan fingerprint density at radius 1 is 0.854 bits per heavy atom. The van der Waals surface area contributed by atoms with Crippen LogP contribution in [0.15, 0.2) is 77.7 Å². The van der Waals surface area contributed by atoms with Crippen molar-refractivity contribution in [3.63, 3.8) is 0 Å². The first kappa shape index (κ1) is 27.4. The van der Waals surface area contributed by atoms with Crippen molar-refractivity contribution in [1.29, 1.82) is 0 Å². The van der Waals surface area contributed by atoms with Gasteiger partial charge in [-0.2, -0.15) is 0 Å². The standard InChI is InChI=1S/C30H26F2N6O3/c1-38(2)14-13-34-28(39)17-3-9-21-22(15-17)26-25(11-12-33-27(26)37-30(21)41)35-19-5-7-20(8-6-19)36-29(40)18-4-10-23(31)24(32)16-18/h3-12,15-16H,13-14H2,1-2H3,(H,34,39)(H,36,40)(H2,33,35,37,41). The van der Waals surface area contributed by atoms with Gasteiger partial charge in [-0.1, -0.05) is 0 Å². The van der Waals surface area contributed by atoms with Crippen LogP contribution in [-0.2, 0) is 0 Å². The van der Waals surface area contributed by atoms with Crippen LogP contribution in [0, 0.1) is 11.6 Å². The molecule has 0 aliphatic carbocycles. The number of likely N-dealkylation sites (N-methyl/N-ethyl adjacent to an activating group) is 1. The van der Waals surface area contributed by atoms with E-state index in [-0.39, 0.29) is 17.0 Å². The Bertz CT molecular complexity index is 1840. The number of hydrogen-bond donors (Lipinski definition) is 4. The Morgan fingerprint density at radius 3 is 2.29 bits per heavy atom.